The lowest BCUT2D eigenvalue weighted by Crippen LogP contribution is -2.58. The number of pyridine rings is 1. The standard InChI is InChI=1S/C34H30F4N7O2S/c1-4-27(46)45-19(2)14-42(15-20(45)3)32-25-12-26(34(36,37)38)28(22-7-9-24(35)10-8-22)30-29(25)43(33(47)41-32)16-21(18-48-30)17-44-31-23(13-40-44)6-5-11-39-31/h4-13,17,19-21H,1,14-16,18H2,2-3H3/q+1/b44-17+/t19-,20+,21?. The van der Waals surface area contributed by atoms with Gasteiger partial charge in [-0.3, -0.25) is 9.36 Å². The number of hydrogen-bond donors (Lipinski definition) is 0. The molecule has 0 bridgehead atoms. The van der Waals surface area contributed by atoms with Crippen LogP contribution in [0.1, 0.15) is 25.0 Å². The van der Waals surface area contributed by atoms with Crippen LogP contribution < -0.4 is 10.6 Å². The molecule has 3 aliphatic heterocycles. The minimum absolute atomic E-state index is 0.123. The van der Waals surface area contributed by atoms with Gasteiger partial charge in [0.25, 0.3) is 0 Å². The van der Waals surface area contributed by atoms with Crippen molar-refractivity contribution < 1.29 is 27.0 Å². The second-order valence-corrected chi connectivity index (χ2v) is 13.2. The number of carbonyl (C=O) groups is 1. The highest BCUT2D eigenvalue weighted by Gasteiger charge is 2.40. The van der Waals surface area contributed by atoms with E-state index in [9.17, 15) is 14.0 Å². The Morgan fingerprint density at radius 1 is 1.10 bits per heavy atom. The first-order valence-corrected chi connectivity index (χ1v) is 16.3. The van der Waals surface area contributed by atoms with Crippen molar-refractivity contribution in [1.82, 2.24) is 19.4 Å². The number of alkyl halides is 3. The Balaban J connectivity index is 1.45. The van der Waals surface area contributed by atoms with Crippen molar-refractivity contribution in [2.75, 3.05) is 23.7 Å². The molecule has 3 aliphatic rings. The number of amides is 1. The first kappa shape index (κ1) is 31.7. The minimum Gasteiger partial charge on any atom is -0.352 e. The number of hydrogen-bond acceptors (Lipinski definition) is 7. The normalized spacial score (nSPS) is 21.5. The molecule has 0 spiro atoms. The van der Waals surface area contributed by atoms with Crippen molar-refractivity contribution in [1.29, 1.82) is 0 Å². The predicted octanol–water partition coefficient (Wildman–Crippen LogP) is 5.71. The summed E-state index contributed by atoms with van der Waals surface area (Å²) in [5.41, 5.74) is -0.335. The van der Waals surface area contributed by atoms with Crippen molar-refractivity contribution in [3.8, 4) is 11.1 Å². The van der Waals surface area contributed by atoms with Gasteiger partial charge in [0.05, 0.1) is 22.9 Å². The van der Waals surface area contributed by atoms with Gasteiger partial charge in [-0.05, 0) is 60.8 Å². The number of halogens is 4. The molecule has 7 rings (SSSR count). The van der Waals surface area contributed by atoms with Crippen molar-refractivity contribution >= 4 is 52.6 Å². The fourth-order valence-electron chi connectivity index (χ4n) is 6.86. The smallest absolute Gasteiger partial charge is 0.352 e. The molecule has 4 aromatic rings. The van der Waals surface area contributed by atoms with E-state index in [4.69, 9.17) is 0 Å². The van der Waals surface area contributed by atoms with E-state index in [1.54, 1.807) is 33.0 Å². The molecule has 5 heterocycles. The summed E-state index contributed by atoms with van der Waals surface area (Å²) in [7, 11) is 0. The summed E-state index contributed by atoms with van der Waals surface area (Å²) in [6, 6.07) is 8.95. The van der Waals surface area contributed by atoms with E-state index in [0.717, 1.165) is 23.8 Å². The van der Waals surface area contributed by atoms with E-state index in [1.165, 1.54) is 34.5 Å². The van der Waals surface area contributed by atoms with E-state index in [0.29, 0.717) is 17.1 Å². The number of hydrazone groups is 1. The monoisotopic (exact) mass is 676 g/mol. The number of anilines is 1. The van der Waals surface area contributed by atoms with Crippen LogP contribution in [0.25, 0.3) is 22.0 Å². The Bertz CT molecular complexity index is 2080. The number of rotatable bonds is 4. The molecule has 0 aliphatic carbocycles. The Kier molecular flexibility index (Phi) is 7.93. The second-order valence-electron chi connectivity index (χ2n) is 12.1. The summed E-state index contributed by atoms with van der Waals surface area (Å²) >= 11 is 1.21. The lowest BCUT2D eigenvalue weighted by Gasteiger charge is -2.44. The molecule has 246 valence electrons. The molecule has 1 fully saturated rings. The first-order chi connectivity index (χ1) is 22.9. The van der Waals surface area contributed by atoms with Crippen LogP contribution in [0.4, 0.5) is 29.2 Å². The highest BCUT2D eigenvalue weighted by molar-refractivity contribution is 7.99. The summed E-state index contributed by atoms with van der Waals surface area (Å²) in [5.74, 6) is -0.145. The van der Waals surface area contributed by atoms with Crippen LogP contribution in [-0.4, -0.2) is 73.4 Å². The molecular weight excluding hydrogens is 646 g/mol. The molecule has 1 saturated heterocycles. The first-order valence-electron chi connectivity index (χ1n) is 15.3. The number of benzene rings is 2. The van der Waals surface area contributed by atoms with Crippen LogP contribution >= 0.6 is 11.8 Å². The zero-order chi connectivity index (χ0) is 33.9. The van der Waals surface area contributed by atoms with Gasteiger partial charge in [0.1, 0.15) is 24.0 Å². The summed E-state index contributed by atoms with van der Waals surface area (Å²) in [6.45, 7) is 7.88. The van der Waals surface area contributed by atoms with Gasteiger partial charge in [0, 0.05) is 59.2 Å². The molecule has 2 aromatic carbocycles. The van der Waals surface area contributed by atoms with Crippen LogP contribution in [0.2, 0.25) is 0 Å². The third kappa shape index (κ3) is 5.47. The fourth-order valence-corrected chi connectivity index (χ4v) is 8.16. The molecule has 0 N–H and O–H groups in total. The number of piperazine rings is 1. The van der Waals surface area contributed by atoms with Crippen molar-refractivity contribution in [3.63, 3.8) is 0 Å². The van der Waals surface area contributed by atoms with E-state index >= 15 is 13.2 Å². The average Bonchev–Trinajstić information content (AvgIpc) is 3.35. The van der Waals surface area contributed by atoms with Crippen LogP contribution in [0.5, 0.6) is 0 Å². The van der Waals surface area contributed by atoms with Crippen LogP contribution in [0.15, 0.2) is 76.1 Å². The van der Waals surface area contributed by atoms with Gasteiger partial charge in [-0.15, -0.1) is 16.4 Å². The van der Waals surface area contributed by atoms with Crippen LogP contribution in [0.3, 0.4) is 0 Å². The van der Waals surface area contributed by atoms with E-state index in [1.807, 2.05) is 26.1 Å². The molecule has 2 aromatic heterocycles. The molecule has 3 atom stereocenters. The van der Waals surface area contributed by atoms with Gasteiger partial charge in [-0.1, -0.05) is 23.8 Å². The van der Waals surface area contributed by atoms with Gasteiger partial charge >= 0.3 is 17.7 Å². The summed E-state index contributed by atoms with van der Waals surface area (Å²) in [4.78, 5) is 39.1. The van der Waals surface area contributed by atoms with Crippen molar-refractivity contribution in [2.45, 2.75) is 43.5 Å². The van der Waals surface area contributed by atoms with Gasteiger partial charge in [0.2, 0.25) is 5.91 Å². The second kappa shape index (κ2) is 12.0. The molecule has 9 nitrogen and oxygen atoms in total. The van der Waals surface area contributed by atoms with E-state index in [-0.39, 0.29) is 70.8 Å². The minimum atomic E-state index is -4.79. The largest absolute Gasteiger partial charge is 0.417 e. The summed E-state index contributed by atoms with van der Waals surface area (Å²) < 4.78 is 62.2. The third-order valence-corrected chi connectivity index (χ3v) is 10.1. The molecule has 48 heavy (non-hydrogen) atoms. The zero-order valence-corrected chi connectivity index (χ0v) is 26.8. The number of fused-ring (bicyclic) bond motifs is 1. The Morgan fingerprint density at radius 3 is 2.52 bits per heavy atom. The lowest BCUT2D eigenvalue weighted by molar-refractivity contribution is -0.442. The van der Waals surface area contributed by atoms with Crippen molar-refractivity contribution in [3.05, 3.63) is 88.7 Å². The van der Waals surface area contributed by atoms with Gasteiger partial charge in [-0.2, -0.15) is 18.2 Å². The number of nitrogens with zero attached hydrogens (tertiary/aromatic N) is 7. The summed E-state index contributed by atoms with van der Waals surface area (Å²) in [6.07, 6.45) is 1.58. The van der Waals surface area contributed by atoms with Gasteiger partial charge < -0.3 is 9.80 Å². The predicted molar refractivity (Wildman–Crippen MR) is 177 cm³/mol. The van der Waals surface area contributed by atoms with E-state index in [2.05, 4.69) is 21.6 Å². The summed E-state index contributed by atoms with van der Waals surface area (Å²) in [5, 5.41) is 4.61. The maximum absolute atomic E-state index is 15.0. The Hall–Kier alpha value is -4.85. The molecule has 0 radical (unpaired) electrons. The van der Waals surface area contributed by atoms with Gasteiger partial charge in [0.15, 0.2) is 0 Å². The molecule has 1 unspecified atom stereocenters. The fraction of sp³-hybridized carbons (Fsp3) is 0.294. The lowest BCUT2D eigenvalue weighted by atomic mass is 9.96. The molecule has 0 saturated carbocycles. The highest BCUT2D eigenvalue weighted by Crippen LogP contribution is 2.48. The molecule has 1 amide bonds. The number of thioether (sulfide) groups is 1. The van der Waals surface area contributed by atoms with E-state index < -0.39 is 23.2 Å². The third-order valence-electron chi connectivity index (χ3n) is 8.85. The quantitative estimate of drug-likeness (QED) is 0.156. The average molecular weight is 677 g/mol. The maximum atomic E-state index is 15.0. The molecular formula is C34H30F4N7O2S+. The molecule has 14 heteroatoms. The number of carbonyl (C=O) groups excluding carboxylic acids is 1. The van der Waals surface area contributed by atoms with Crippen molar-refractivity contribution in [2.24, 2.45) is 11.0 Å². The van der Waals surface area contributed by atoms with Crippen LogP contribution in [-0.2, 0) is 17.5 Å². The topological polar surface area (TPSA) is 86.7 Å². The SMILES string of the molecule is C=CC(=O)N1[C@H](C)CN(c2nc(=O)n3c4c(c(-c5ccc(F)cc5)c(C(F)(F)F)cc24)SCC(/C=[N+]2/N=Cc4cccnc42)C3)C[C@@H]1C. The Labute approximate surface area is 276 Å². The van der Waals surface area contributed by atoms with Crippen LogP contribution in [0, 0.1) is 11.7 Å². The Morgan fingerprint density at radius 2 is 1.83 bits per heavy atom. The zero-order valence-electron chi connectivity index (χ0n) is 26.0. The number of aromatic nitrogens is 3. The maximum Gasteiger partial charge on any atom is 0.417 e. The van der Waals surface area contributed by atoms with Gasteiger partial charge in [-0.25, -0.2) is 9.18 Å². The highest BCUT2D eigenvalue weighted by atomic mass is 32.2.